The minimum atomic E-state index is -3.20. The number of ether oxygens (including phenoxy) is 2. The van der Waals surface area contributed by atoms with Gasteiger partial charge in [0.1, 0.15) is 12.6 Å². The van der Waals surface area contributed by atoms with E-state index < -0.39 is 43.5 Å². The van der Waals surface area contributed by atoms with Crippen molar-refractivity contribution in [2.75, 3.05) is 43.1 Å². The van der Waals surface area contributed by atoms with E-state index in [2.05, 4.69) is 15.4 Å². The van der Waals surface area contributed by atoms with Crippen LogP contribution in [0.4, 0.5) is 33.7 Å². The van der Waals surface area contributed by atoms with Gasteiger partial charge in [-0.15, -0.1) is 0 Å². The largest absolute Gasteiger partial charge is 0.433 e. The molecular formula is C17H21F4N5O5. The predicted molar refractivity (Wildman–Crippen MR) is 100 cm³/mol. The van der Waals surface area contributed by atoms with Crippen molar-refractivity contribution in [3.63, 3.8) is 0 Å². The zero-order chi connectivity index (χ0) is 23.0. The average molecular weight is 451 g/mol. The first-order valence-electron chi connectivity index (χ1n) is 9.01. The highest BCUT2D eigenvalue weighted by molar-refractivity contribution is 5.99. The number of hydrogen-bond donors (Lipinski definition) is 4. The van der Waals surface area contributed by atoms with Gasteiger partial charge in [0.05, 0.1) is 18.8 Å². The van der Waals surface area contributed by atoms with Gasteiger partial charge in [0.2, 0.25) is 5.91 Å². The summed E-state index contributed by atoms with van der Waals surface area (Å²) in [4.78, 5) is 37.1. The van der Waals surface area contributed by atoms with Crippen molar-refractivity contribution in [3.05, 3.63) is 18.2 Å². The third kappa shape index (κ3) is 7.25. The second-order valence-electron chi connectivity index (χ2n) is 6.18. The van der Waals surface area contributed by atoms with Crippen LogP contribution in [0.3, 0.4) is 0 Å². The Labute approximate surface area is 174 Å². The third-order valence-corrected chi connectivity index (χ3v) is 3.99. The molecule has 1 fully saturated rings. The van der Waals surface area contributed by atoms with E-state index in [0.29, 0.717) is 0 Å². The fourth-order valence-corrected chi connectivity index (χ4v) is 2.62. The molecule has 31 heavy (non-hydrogen) atoms. The third-order valence-electron chi connectivity index (χ3n) is 3.99. The summed E-state index contributed by atoms with van der Waals surface area (Å²) in [6.45, 7) is -4.37. The lowest BCUT2D eigenvalue weighted by Gasteiger charge is -2.28. The number of amides is 4. The second kappa shape index (κ2) is 11.3. The van der Waals surface area contributed by atoms with E-state index in [1.807, 2.05) is 5.32 Å². The average Bonchev–Trinajstić information content (AvgIpc) is 2.71. The number of nitrogens with two attached hydrogens (primary N) is 1. The van der Waals surface area contributed by atoms with Crippen molar-refractivity contribution in [2.45, 2.75) is 19.1 Å². The van der Waals surface area contributed by atoms with Gasteiger partial charge in [0.15, 0.2) is 5.75 Å². The van der Waals surface area contributed by atoms with E-state index in [0.717, 1.165) is 6.07 Å². The molecular weight excluding hydrogens is 430 g/mol. The van der Waals surface area contributed by atoms with E-state index >= 15 is 0 Å². The molecule has 0 aliphatic carbocycles. The normalized spacial score (nSPS) is 15.1. The lowest BCUT2D eigenvalue weighted by molar-refractivity contribution is -0.125. The van der Waals surface area contributed by atoms with Gasteiger partial charge in [-0.05, 0) is 12.1 Å². The second-order valence-corrected chi connectivity index (χ2v) is 6.18. The topological polar surface area (TPSA) is 135 Å². The number of benzene rings is 1. The van der Waals surface area contributed by atoms with Crippen molar-refractivity contribution >= 4 is 29.2 Å². The number of rotatable bonds is 9. The fraction of sp³-hybridized carbons (Fsp3) is 0.471. The molecule has 172 valence electrons. The Morgan fingerprint density at radius 1 is 1.26 bits per heavy atom. The number of alkyl halides is 4. The highest BCUT2D eigenvalue weighted by Crippen LogP contribution is 2.33. The Kier molecular flexibility index (Phi) is 8.81. The summed E-state index contributed by atoms with van der Waals surface area (Å²) in [6, 6.07) is 1.38. The highest BCUT2D eigenvalue weighted by atomic mass is 19.3. The molecule has 1 aliphatic heterocycles. The van der Waals surface area contributed by atoms with Gasteiger partial charge in [-0.2, -0.15) is 8.78 Å². The number of halogens is 4. The molecule has 1 aromatic rings. The Morgan fingerprint density at radius 2 is 2.00 bits per heavy atom. The maximum atomic E-state index is 12.9. The van der Waals surface area contributed by atoms with Crippen LogP contribution in [-0.4, -0.2) is 69.8 Å². The van der Waals surface area contributed by atoms with Crippen LogP contribution in [0.5, 0.6) is 5.75 Å². The summed E-state index contributed by atoms with van der Waals surface area (Å²) < 4.78 is 59.5. The standard InChI is InChI=1S/C17H21F4N5O5/c18-13(19)7-23-17(29)25-10(6-22)15(28)24-9-1-2-11(12(5-9)31-16(20)21)26-3-4-30-8-14(26)27/h1-2,5,10,13,16H,3-4,6-8,22H2,(H,24,28)(H2,23,25,29)/t10-/m1/s1. The van der Waals surface area contributed by atoms with Crippen LogP contribution in [0.15, 0.2) is 18.2 Å². The lowest BCUT2D eigenvalue weighted by atomic mass is 10.2. The van der Waals surface area contributed by atoms with E-state index in [4.69, 9.17) is 10.5 Å². The molecule has 0 spiro atoms. The molecule has 0 bridgehead atoms. The SMILES string of the molecule is NC[C@@H](NC(=O)NCC(F)F)C(=O)Nc1ccc(N2CCOCC2=O)c(OC(F)F)c1. The first kappa shape index (κ1) is 24.1. The molecule has 0 saturated carbocycles. The van der Waals surface area contributed by atoms with Crippen molar-refractivity contribution in [1.29, 1.82) is 0 Å². The predicted octanol–water partition coefficient (Wildman–Crippen LogP) is 0.481. The molecule has 4 amide bonds. The number of nitrogens with zero attached hydrogens (tertiary/aromatic N) is 1. The molecule has 1 heterocycles. The first-order valence-corrected chi connectivity index (χ1v) is 9.01. The van der Waals surface area contributed by atoms with Crippen LogP contribution in [0, 0.1) is 0 Å². The maximum Gasteiger partial charge on any atom is 0.387 e. The van der Waals surface area contributed by atoms with E-state index in [-0.39, 0.29) is 43.4 Å². The quantitative estimate of drug-likeness (QED) is 0.404. The molecule has 10 nitrogen and oxygen atoms in total. The molecule has 2 rings (SSSR count). The van der Waals surface area contributed by atoms with Crippen LogP contribution in [0.25, 0.3) is 0 Å². The maximum absolute atomic E-state index is 12.9. The van der Waals surface area contributed by atoms with E-state index in [9.17, 15) is 31.9 Å². The van der Waals surface area contributed by atoms with Gasteiger partial charge in [-0.1, -0.05) is 0 Å². The van der Waals surface area contributed by atoms with Crippen LogP contribution in [-0.2, 0) is 14.3 Å². The minimum Gasteiger partial charge on any atom is -0.433 e. The Morgan fingerprint density at radius 3 is 2.61 bits per heavy atom. The van der Waals surface area contributed by atoms with Crippen molar-refractivity contribution in [2.24, 2.45) is 5.73 Å². The molecule has 5 N–H and O–H groups in total. The molecule has 1 aliphatic rings. The van der Waals surface area contributed by atoms with Crippen molar-refractivity contribution < 1.29 is 41.4 Å². The number of nitrogens with one attached hydrogen (secondary N) is 3. The Hall–Kier alpha value is -3.13. The molecule has 0 aromatic heterocycles. The Balaban J connectivity index is 2.13. The zero-order valence-electron chi connectivity index (χ0n) is 16.1. The molecule has 14 heteroatoms. The summed E-state index contributed by atoms with van der Waals surface area (Å²) in [5, 5.41) is 6.33. The van der Waals surface area contributed by atoms with Crippen molar-refractivity contribution in [1.82, 2.24) is 10.6 Å². The number of carbonyl (C=O) groups is 3. The molecule has 1 atom stereocenters. The van der Waals surface area contributed by atoms with Crippen molar-refractivity contribution in [3.8, 4) is 5.75 Å². The summed E-state index contributed by atoms with van der Waals surface area (Å²) in [5.41, 5.74) is 5.51. The van der Waals surface area contributed by atoms with E-state index in [1.54, 1.807) is 0 Å². The first-order chi connectivity index (χ1) is 14.7. The van der Waals surface area contributed by atoms with Gasteiger partial charge in [0, 0.05) is 24.8 Å². The van der Waals surface area contributed by atoms with Crippen LogP contribution < -0.4 is 31.3 Å². The number of hydrogen-bond acceptors (Lipinski definition) is 6. The summed E-state index contributed by atoms with van der Waals surface area (Å²) in [7, 11) is 0. The number of anilines is 2. The summed E-state index contributed by atoms with van der Waals surface area (Å²) in [5.74, 6) is -1.65. The number of carbonyl (C=O) groups excluding carboxylic acids is 3. The van der Waals surface area contributed by atoms with Gasteiger partial charge in [-0.25, -0.2) is 13.6 Å². The minimum absolute atomic E-state index is 0.0124. The zero-order valence-corrected chi connectivity index (χ0v) is 16.1. The molecule has 0 radical (unpaired) electrons. The van der Waals surface area contributed by atoms with Gasteiger partial charge >= 0.3 is 12.6 Å². The van der Waals surface area contributed by atoms with Gasteiger partial charge in [0.25, 0.3) is 12.3 Å². The Bertz CT molecular complexity index is 798. The van der Waals surface area contributed by atoms with E-state index in [1.165, 1.54) is 17.0 Å². The number of urea groups is 1. The number of morpholine rings is 1. The molecule has 1 aromatic carbocycles. The molecule has 0 unspecified atom stereocenters. The highest BCUT2D eigenvalue weighted by Gasteiger charge is 2.25. The summed E-state index contributed by atoms with van der Waals surface area (Å²) in [6.07, 6.45) is -2.78. The van der Waals surface area contributed by atoms with Crippen LogP contribution in [0.2, 0.25) is 0 Å². The van der Waals surface area contributed by atoms with Gasteiger partial charge < -0.3 is 36.1 Å². The fourth-order valence-electron chi connectivity index (χ4n) is 2.62. The molecule has 1 saturated heterocycles. The summed E-state index contributed by atoms with van der Waals surface area (Å²) >= 11 is 0. The van der Waals surface area contributed by atoms with Gasteiger partial charge in [-0.3, -0.25) is 9.59 Å². The van der Waals surface area contributed by atoms with Crippen LogP contribution >= 0.6 is 0 Å². The lowest BCUT2D eigenvalue weighted by Crippen LogP contribution is -2.52. The smallest absolute Gasteiger partial charge is 0.387 e. The van der Waals surface area contributed by atoms with Crippen LogP contribution in [0.1, 0.15) is 0 Å². The monoisotopic (exact) mass is 451 g/mol.